The van der Waals surface area contributed by atoms with Crippen molar-refractivity contribution < 1.29 is 9.59 Å². The maximum absolute atomic E-state index is 12.7. The lowest BCUT2D eigenvalue weighted by Crippen LogP contribution is -2.14. The average molecular weight is 316 g/mol. The van der Waals surface area contributed by atoms with Gasteiger partial charge in [0, 0.05) is 11.1 Å². The molecule has 0 atom stereocenters. The highest BCUT2D eigenvalue weighted by Gasteiger charge is 2.26. The van der Waals surface area contributed by atoms with Crippen molar-refractivity contribution in [3.63, 3.8) is 0 Å². The number of ketones is 2. The Morgan fingerprint density at radius 1 is 0.783 bits per heavy atom. The molecule has 0 unspecified atom stereocenters. The number of allylic oxidation sites excluding steroid dienone is 1. The summed E-state index contributed by atoms with van der Waals surface area (Å²) in [4.78, 5) is 25.9. The summed E-state index contributed by atoms with van der Waals surface area (Å²) in [5.74, 6) is -0.0223. The van der Waals surface area contributed by atoms with Crippen LogP contribution in [0.5, 0.6) is 0 Å². The van der Waals surface area contributed by atoms with Crippen molar-refractivity contribution in [1.29, 1.82) is 0 Å². The molecule has 0 fully saturated rings. The van der Waals surface area contributed by atoms with Gasteiger partial charge in [0.1, 0.15) is 0 Å². The first-order valence-electron chi connectivity index (χ1n) is 7.29. The fourth-order valence-corrected chi connectivity index (χ4v) is 3.53. The van der Waals surface area contributed by atoms with Gasteiger partial charge in [0.05, 0.1) is 4.88 Å². The molecule has 1 aliphatic rings. The molecule has 0 saturated carbocycles. The maximum Gasteiger partial charge on any atom is 0.196 e. The molecule has 0 spiro atoms. The molecule has 0 saturated heterocycles. The summed E-state index contributed by atoms with van der Waals surface area (Å²) < 4.78 is 0. The standard InChI is InChI=1S/C20H12O2S/c21-18(19-10-5-11-23-19)12-17-13-6-1-3-8-15(13)20(22)16-9-4-2-7-14(16)17/h1-12H. The highest BCUT2D eigenvalue weighted by atomic mass is 32.1. The van der Waals surface area contributed by atoms with Crippen LogP contribution in [0.4, 0.5) is 0 Å². The van der Waals surface area contributed by atoms with E-state index in [2.05, 4.69) is 0 Å². The first-order chi connectivity index (χ1) is 11.3. The van der Waals surface area contributed by atoms with Crippen molar-refractivity contribution >= 4 is 28.5 Å². The Hall–Kier alpha value is -2.78. The van der Waals surface area contributed by atoms with Gasteiger partial charge in [0.25, 0.3) is 0 Å². The van der Waals surface area contributed by atoms with Crippen LogP contribution in [-0.2, 0) is 0 Å². The smallest absolute Gasteiger partial charge is 0.196 e. The van der Waals surface area contributed by atoms with Gasteiger partial charge >= 0.3 is 0 Å². The van der Waals surface area contributed by atoms with Crippen LogP contribution in [0.1, 0.15) is 36.7 Å². The van der Waals surface area contributed by atoms with Gasteiger partial charge in [-0.3, -0.25) is 9.59 Å². The van der Waals surface area contributed by atoms with E-state index in [0.717, 1.165) is 16.7 Å². The second-order valence-corrected chi connectivity index (χ2v) is 6.27. The lowest BCUT2D eigenvalue weighted by Gasteiger charge is -2.21. The van der Waals surface area contributed by atoms with Gasteiger partial charge < -0.3 is 0 Å². The van der Waals surface area contributed by atoms with Crippen LogP contribution in [0.3, 0.4) is 0 Å². The summed E-state index contributed by atoms with van der Waals surface area (Å²) in [7, 11) is 0. The molecule has 0 amide bonds. The summed E-state index contributed by atoms with van der Waals surface area (Å²) in [5, 5.41) is 1.89. The zero-order chi connectivity index (χ0) is 15.8. The zero-order valence-electron chi connectivity index (χ0n) is 12.2. The summed E-state index contributed by atoms with van der Waals surface area (Å²) >= 11 is 1.42. The lowest BCUT2D eigenvalue weighted by atomic mass is 9.81. The minimum absolute atomic E-state index is 0.0110. The van der Waals surface area contributed by atoms with Gasteiger partial charge in [-0.1, -0.05) is 54.6 Å². The van der Waals surface area contributed by atoms with E-state index in [1.807, 2.05) is 66.0 Å². The van der Waals surface area contributed by atoms with Gasteiger partial charge in [-0.15, -0.1) is 11.3 Å². The molecule has 0 radical (unpaired) electrons. The number of thiophene rings is 1. The van der Waals surface area contributed by atoms with Gasteiger partial charge in [0.15, 0.2) is 11.6 Å². The Balaban J connectivity index is 1.95. The molecule has 23 heavy (non-hydrogen) atoms. The third-order valence-electron chi connectivity index (χ3n) is 3.96. The predicted octanol–water partition coefficient (Wildman–Crippen LogP) is 4.61. The molecule has 3 heteroatoms. The van der Waals surface area contributed by atoms with Gasteiger partial charge in [0.2, 0.25) is 0 Å². The molecule has 2 aromatic carbocycles. The summed E-state index contributed by atoms with van der Waals surface area (Å²) in [6, 6.07) is 18.6. The van der Waals surface area contributed by atoms with Crippen molar-refractivity contribution in [2.24, 2.45) is 0 Å². The fourth-order valence-electron chi connectivity index (χ4n) is 2.90. The van der Waals surface area contributed by atoms with Crippen molar-refractivity contribution in [3.05, 3.63) is 99.3 Å². The molecule has 1 aliphatic carbocycles. The molecule has 3 aromatic rings. The van der Waals surface area contributed by atoms with E-state index in [1.54, 1.807) is 6.08 Å². The monoisotopic (exact) mass is 316 g/mol. The molecule has 2 nitrogen and oxygen atoms in total. The number of hydrogen-bond acceptors (Lipinski definition) is 3. The van der Waals surface area contributed by atoms with E-state index >= 15 is 0 Å². The SMILES string of the molecule is O=C(C=C1c2ccccc2C(=O)c2ccccc21)c1cccs1. The number of hydrogen-bond donors (Lipinski definition) is 0. The summed E-state index contributed by atoms with van der Waals surface area (Å²) in [5.41, 5.74) is 3.75. The van der Waals surface area contributed by atoms with Gasteiger partial charge in [-0.25, -0.2) is 0 Å². The minimum Gasteiger partial charge on any atom is -0.289 e. The number of benzene rings is 2. The molecular weight excluding hydrogens is 304 g/mol. The molecule has 1 aromatic heterocycles. The molecule has 110 valence electrons. The van der Waals surface area contributed by atoms with Crippen LogP contribution in [0.25, 0.3) is 5.57 Å². The third kappa shape index (κ3) is 2.26. The van der Waals surface area contributed by atoms with Crippen LogP contribution >= 0.6 is 11.3 Å². The topological polar surface area (TPSA) is 34.1 Å². The fraction of sp³-hybridized carbons (Fsp3) is 0. The number of carbonyl (C=O) groups excluding carboxylic acids is 2. The molecule has 0 N–H and O–H groups in total. The maximum atomic E-state index is 12.7. The van der Waals surface area contributed by atoms with E-state index in [4.69, 9.17) is 0 Å². The Morgan fingerprint density at radius 2 is 1.35 bits per heavy atom. The van der Waals surface area contributed by atoms with Crippen molar-refractivity contribution in [2.45, 2.75) is 0 Å². The predicted molar refractivity (Wildman–Crippen MR) is 92.0 cm³/mol. The molecular formula is C20H12O2S. The highest BCUT2D eigenvalue weighted by molar-refractivity contribution is 7.12. The largest absolute Gasteiger partial charge is 0.289 e. The Labute approximate surface area is 137 Å². The van der Waals surface area contributed by atoms with Crippen LogP contribution in [-0.4, -0.2) is 11.6 Å². The van der Waals surface area contributed by atoms with Gasteiger partial charge in [-0.05, 0) is 34.2 Å². The quantitative estimate of drug-likeness (QED) is 0.400. The first kappa shape index (κ1) is 13.9. The van der Waals surface area contributed by atoms with E-state index in [1.165, 1.54) is 11.3 Å². The van der Waals surface area contributed by atoms with Crippen LogP contribution < -0.4 is 0 Å². The van der Waals surface area contributed by atoms with Crippen molar-refractivity contribution in [2.75, 3.05) is 0 Å². The lowest BCUT2D eigenvalue weighted by molar-refractivity contribution is 0.103. The zero-order valence-corrected chi connectivity index (χ0v) is 13.0. The summed E-state index contributed by atoms with van der Waals surface area (Å²) in [6.07, 6.45) is 1.65. The minimum atomic E-state index is -0.0334. The summed E-state index contributed by atoms with van der Waals surface area (Å²) in [6.45, 7) is 0. The highest BCUT2D eigenvalue weighted by Crippen LogP contribution is 2.36. The van der Waals surface area contributed by atoms with E-state index < -0.39 is 0 Å². The van der Waals surface area contributed by atoms with E-state index in [0.29, 0.717) is 16.0 Å². The average Bonchev–Trinajstić information content (AvgIpc) is 3.13. The van der Waals surface area contributed by atoms with Crippen molar-refractivity contribution in [1.82, 2.24) is 0 Å². The molecule has 0 bridgehead atoms. The number of carbonyl (C=O) groups is 2. The third-order valence-corrected chi connectivity index (χ3v) is 4.85. The molecule has 1 heterocycles. The van der Waals surface area contributed by atoms with Crippen molar-refractivity contribution in [3.8, 4) is 0 Å². The Kier molecular flexibility index (Phi) is 3.28. The van der Waals surface area contributed by atoms with Crippen LogP contribution in [0, 0.1) is 0 Å². The normalized spacial score (nSPS) is 12.5. The first-order valence-corrected chi connectivity index (χ1v) is 8.17. The Bertz CT molecular complexity index is 898. The second-order valence-electron chi connectivity index (χ2n) is 5.32. The second kappa shape index (κ2) is 5.45. The van der Waals surface area contributed by atoms with Gasteiger partial charge in [-0.2, -0.15) is 0 Å². The van der Waals surface area contributed by atoms with E-state index in [9.17, 15) is 9.59 Å². The number of fused-ring (bicyclic) bond motifs is 2. The number of rotatable bonds is 2. The van der Waals surface area contributed by atoms with E-state index in [-0.39, 0.29) is 11.6 Å². The Morgan fingerprint density at radius 3 is 1.87 bits per heavy atom. The molecule has 4 rings (SSSR count). The molecule has 0 aliphatic heterocycles. The van der Waals surface area contributed by atoms with Crippen LogP contribution in [0.2, 0.25) is 0 Å². The van der Waals surface area contributed by atoms with Crippen LogP contribution in [0.15, 0.2) is 72.1 Å².